The first-order valence-corrected chi connectivity index (χ1v) is 6.92. The second-order valence-corrected chi connectivity index (χ2v) is 5.34. The van der Waals surface area contributed by atoms with E-state index in [1.54, 1.807) is 25.1 Å². The molecule has 1 aromatic carbocycles. The second kappa shape index (κ2) is 6.07. The highest BCUT2D eigenvalue weighted by Gasteiger charge is 2.03. The molecule has 2 aromatic rings. The lowest BCUT2D eigenvalue weighted by Gasteiger charge is -2.06. The van der Waals surface area contributed by atoms with Gasteiger partial charge in [0, 0.05) is 27.5 Å². The fraction of sp³-hybridized carbons (Fsp3) is 0.154. The third kappa shape index (κ3) is 3.48. The molecule has 17 heavy (non-hydrogen) atoms. The molecule has 0 unspecified atom stereocenters. The summed E-state index contributed by atoms with van der Waals surface area (Å²) in [6.45, 7) is 0. The van der Waals surface area contributed by atoms with E-state index in [-0.39, 0.29) is 0 Å². The van der Waals surface area contributed by atoms with Gasteiger partial charge < -0.3 is 4.74 Å². The van der Waals surface area contributed by atoms with Crippen LogP contribution in [-0.2, 0) is 5.75 Å². The molecule has 0 bridgehead atoms. The van der Waals surface area contributed by atoms with Gasteiger partial charge in [0.25, 0.3) is 0 Å². The van der Waals surface area contributed by atoms with Crippen molar-refractivity contribution in [3.05, 3.63) is 52.8 Å². The van der Waals surface area contributed by atoms with Crippen LogP contribution in [0.1, 0.15) is 5.56 Å². The molecule has 1 heterocycles. The Hall–Kier alpha value is -1.00. The van der Waals surface area contributed by atoms with E-state index in [1.807, 2.05) is 24.4 Å². The van der Waals surface area contributed by atoms with Crippen LogP contribution in [0.2, 0.25) is 0 Å². The third-order valence-electron chi connectivity index (χ3n) is 2.29. The fourth-order valence-corrected chi connectivity index (χ4v) is 2.93. The summed E-state index contributed by atoms with van der Waals surface area (Å²) >= 11 is 5.32. The topological polar surface area (TPSA) is 22.1 Å². The third-order valence-corrected chi connectivity index (χ3v) is 4.06. The Balaban J connectivity index is 2.04. The lowest BCUT2D eigenvalue weighted by molar-refractivity contribution is 0.414. The van der Waals surface area contributed by atoms with Crippen molar-refractivity contribution in [1.29, 1.82) is 0 Å². The molecular formula is C13H12BrNOS. The first-order valence-electron chi connectivity index (χ1n) is 5.15. The molecule has 0 saturated heterocycles. The van der Waals surface area contributed by atoms with Crippen molar-refractivity contribution in [3.63, 3.8) is 0 Å². The Morgan fingerprint density at radius 3 is 2.88 bits per heavy atom. The molecule has 0 fully saturated rings. The van der Waals surface area contributed by atoms with Gasteiger partial charge in [0.05, 0.1) is 7.11 Å². The van der Waals surface area contributed by atoms with Gasteiger partial charge in [-0.2, -0.15) is 0 Å². The van der Waals surface area contributed by atoms with E-state index in [0.29, 0.717) is 0 Å². The van der Waals surface area contributed by atoms with Crippen molar-refractivity contribution in [2.75, 3.05) is 7.11 Å². The van der Waals surface area contributed by atoms with Gasteiger partial charge in [0.2, 0.25) is 0 Å². The smallest absolute Gasteiger partial charge is 0.120 e. The minimum absolute atomic E-state index is 0.868. The Bertz CT molecular complexity index is 490. The zero-order chi connectivity index (χ0) is 12.1. The van der Waals surface area contributed by atoms with E-state index in [9.17, 15) is 0 Å². The van der Waals surface area contributed by atoms with Gasteiger partial charge >= 0.3 is 0 Å². The van der Waals surface area contributed by atoms with Crippen LogP contribution in [0.15, 0.2) is 52.1 Å². The van der Waals surface area contributed by atoms with E-state index < -0.39 is 0 Å². The molecule has 0 saturated carbocycles. The molecule has 0 radical (unpaired) electrons. The number of rotatable bonds is 4. The van der Waals surface area contributed by atoms with Gasteiger partial charge in [-0.3, -0.25) is 4.98 Å². The summed E-state index contributed by atoms with van der Waals surface area (Å²) in [6, 6.07) is 10.1. The van der Waals surface area contributed by atoms with Gasteiger partial charge in [-0.1, -0.05) is 22.0 Å². The minimum Gasteiger partial charge on any atom is -0.497 e. The van der Waals surface area contributed by atoms with E-state index in [0.717, 1.165) is 16.0 Å². The number of ether oxygens (including phenoxy) is 1. The highest BCUT2D eigenvalue weighted by molar-refractivity contribution is 9.10. The second-order valence-electron chi connectivity index (χ2n) is 3.43. The summed E-state index contributed by atoms with van der Waals surface area (Å²) in [5.41, 5.74) is 1.25. The molecule has 0 amide bonds. The minimum atomic E-state index is 0.868. The Morgan fingerprint density at radius 1 is 1.35 bits per heavy atom. The number of methoxy groups -OCH3 is 1. The number of aromatic nitrogens is 1. The van der Waals surface area contributed by atoms with Gasteiger partial charge in [-0.05, 0) is 29.8 Å². The number of halogens is 1. The molecule has 0 aliphatic heterocycles. The lowest BCUT2D eigenvalue weighted by Crippen LogP contribution is -1.87. The highest BCUT2D eigenvalue weighted by atomic mass is 79.9. The van der Waals surface area contributed by atoms with Gasteiger partial charge in [-0.15, -0.1) is 11.8 Å². The predicted molar refractivity (Wildman–Crippen MR) is 74.5 cm³/mol. The van der Waals surface area contributed by atoms with Crippen molar-refractivity contribution >= 4 is 27.7 Å². The molecule has 0 spiro atoms. The first-order chi connectivity index (χ1) is 8.29. The number of thioether (sulfide) groups is 1. The van der Waals surface area contributed by atoms with Crippen LogP contribution in [0.4, 0.5) is 0 Å². The zero-order valence-corrected chi connectivity index (χ0v) is 11.8. The van der Waals surface area contributed by atoms with E-state index in [2.05, 4.69) is 33.0 Å². The molecule has 0 aliphatic rings. The van der Waals surface area contributed by atoms with Crippen molar-refractivity contribution in [1.82, 2.24) is 4.98 Å². The summed E-state index contributed by atoms with van der Waals surface area (Å²) in [6.07, 6.45) is 3.66. The van der Waals surface area contributed by atoms with Crippen LogP contribution < -0.4 is 4.74 Å². The van der Waals surface area contributed by atoms with Gasteiger partial charge in [-0.25, -0.2) is 0 Å². The number of hydrogen-bond acceptors (Lipinski definition) is 3. The molecule has 1 aromatic heterocycles. The van der Waals surface area contributed by atoms with Gasteiger partial charge in [0.1, 0.15) is 5.75 Å². The normalized spacial score (nSPS) is 10.2. The molecule has 0 N–H and O–H groups in total. The number of nitrogens with zero attached hydrogens (tertiary/aromatic N) is 1. The quantitative estimate of drug-likeness (QED) is 0.792. The van der Waals surface area contributed by atoms with E-state index >= 15 is 0 Å². The number of pyridine rings is 1. The summed E-state index contributed by atoms with van der Waals surface area (Å²) in [4.78, 5) is 5.27. The maximum Gasteiger partial charge on any atom is 0.120 e. The Kier molecular flexibility index (Phi) is 4.45. The summed E-state index contributed by atoms with van der Waals surface area (Å²) in [7, 11) is 1.67. The van der Waals surface area contributed by atoms with Crippen molar-refractivity contribution in [2.45, 2.75) is 10.6 Å². The molecular weight excluding hydrogens is 298 g/mol. The first kappa shape index (κ1) is 12.5. The van der Waals surface area contributed by atoms with Gasteiger partial charge in [0.15, 0.2) is 0 Å². The fourth-order valence-electron chi connectivity index (χ4n) is 1.37. The van der Waals surface area contributed by atoms with Crippen LogP contribution in [0.25, 0.3) is 0 Å². The van der Waals surface area contributed by atoms with Crippen LogP contribution in [0, 0.1) is 0 Å². The Morgan fingerprint density at radius 2 is 2.24 bits per heavy atom. The lowest BCUT2D eigenvalue weighted by atomic mass is 10.2. The van der Waals surface area contributed by atoms with E-state index in [4.69, 9.17) is 4.74 Å². The summed E-state index contributed by atoms with van der Waals surface area (Å²) < 4.78 is 6.24. The zero-order valence-electron chi connectivity index (χ0n) is 9.39. The maximum absolute atomic E-state index is 5.17. The summed E-state index contributed by atoms with van der Waals surface area (Å²) in [5.74, 6) is 1.78. The average Bonchev–Trinajstić information content (AvgIpc) is 2.38. The average molecular weight is 310 g/mol. The van der Waals surface area contributed by atoms with Crippen molar-refractivity contribution in [3.8, 4) is 5.75 Å². The molecule has 2 rings (SSSR count). The largest absolute Gasteiger partial charge is 0.497 e. The standard InChI is InChI=1S/C13H12BrNOS/c1-16-11-5-4-10(13(14)7-11)9-17-12-3-2-6-15-8-12/h2-8H,9H2,1H3. The predicted octanol–water partition coefficient (Wildman–Crippen LogP) is 4.15. The maximum atomic E-state index is 5.17. The van der Waals surface area contributed by atoms with Crippen LogP contribution >= 0.6 is 27.7 Å². The molecule has 0 atom stereocenters. The van der Waals surface area contributed by atoms with Crippen molar-refractivity contribution < 1.29 is 4.74 Å². The van der Waals surface area contributed by atoms with Crippen LogP contribution in [0.5, 0.6) is 5.75 Å². The molecule has 0 aliphatic carbocycles. The SMILES string of the molecule is COc1ccc(CSc2cccnc2)c(Br)c1. The van der Waals surface area contributed by atoms with Crippen LogP contribution in [-0.4, -0.2) is 12.1 Å². The molecule has 4 heteroatoms. The van der Waals surface area contributed by atoms with E-state index in [1.165, 1.54) is 10.5 Å². The van der Waals surface area contributed by atoms with Crippen molar-refractivity contribution in [2.24, 2.45) is 0 Å². The highest BCUT2D eigenvalue weighted by Crippen LogP contribution is 2.28. The summed E-state index contributed by atoms with van der Waals surface area (Å²) in [5, 5.41) is 0. The molecule has 2 nitrogen and oxygen atoms in total. The Labute approximate surface area is 114 Å². The molecule has 88 valence electrons. The number of benzene rings is 1. The van der Waals surface area contributed by atoms with Crippen LogP contribution in [0.3, 0.4) is 0 Å². The number of hydrogen-bond donors (Lipinski definition) is 0. The monoisotopic (exact) mass is 309 g/mol.